The normalized spacial score (nSPS) is 15.2. The van der Waals surface area contributed by atoms with Crippen LogP contribution in [0.3, 0.4) is 0 Å². The Morgan fingerprint density at radius 2 is 1.38 bits per heavy atom. The van der Waals surface area contributed by atoms with Crippen LogP contribution in [0, 0.1) is 39.2 Å². The van der Waals surface area contributed by atoms with Crippen molar-refractivity contribution in [2.75, 3.05) is 72.5 Å². The van der Waals surface area contributed by atoms with Gasteiger partial charge >= 0.3 is 0 Å². The van der Waals surface area contributed by atoms with Gasteiger partial charge in [0.15, 0.2) is 28.4 Å². The number of non-ortho nitro benzene ring substituents is 1. The number of hydrogen-bond acceptors (Lipinski definition) is 8. The van der Waals surface area contributed by atoms with E-state index in [4.69, 9.17) is 28.6 Å². The van der Waals surface area contributed by atoms with Crippen molar-refractivity contribution in [1.82, 2.24) is 5.32 Å². The largest absolute Gasteiger partial charge is 0.378 e. The summed E-state index contributed by atoms with van der Waals surface area (Å²) < 4.78 is 74.7. The molecule has 0 radical (unpaired) electrons. The molecule has 2 aliphatic heterocycles. The monoisotopic (exact) mass is 670 g/mol. The molecule has 1 amide bonds. The molecule has 17 heteroatoms. The van der Waals surface area contributed by atoms with Crippen LogP contribution in [0.1, 0.15) is 10.4 Å². The number of amides is 1. The van der Waals surface area contributed by atoms with Crippen LogP contribution in [-0.4, -0.2) is 68.4 Å². The zero-order chi connectivity index (χ0) is 32.4. The highest BCUT2D eigenvalue weighted by atomic mass is 35.5. The molecule has 2 heterocycles. The number of halogens is 6. The minimum Gasteiger partial charge on any atom is -0.378 e. The smallest absolute Gasteiger partial charge is 0.270 e. The predicted molar refractivity (Wildman–Crippen MR) is 162 cm³/mol. The minimum atomic E-state index is -2.21. The summed E-state index contributed by atoms with van der Waals surface area (Å²) in [6.45, 7) is 2.11. The molecule has 3 aromatic carbocycles. The van der Waals surface area contributed by atoms with Crippen LogP contribution in [-0.2, 0) is 4.74 Å². The Kier molecular flexibility index (Phi) is 9.55. The highest BCUT2D eigenvalue weighted by Crippen LogP contribution is 2.34. The number of anilines is 4. The molecule has 10 nitrogen and oxygen atoms in total. The van der Waals surface area contributed by atoms with E-state index in [1.807, 2.05) is 4.90 Å². The van der Waals surface area contributed by atoms with E-state index >= 15 is 0 Å². The fraction of sp³-hybridized carbons (Fsp3) is 0.286. The van der Waals surface area contributed by atoms with Crippen molar-refractivity contribution in [3.63, 3.8) is 0 Å². The number of rotatable bonds is 6. The number of morpholine rings is 1. The third-order valence-corrected chi connectivity index (χ3v) is 7.85. The Morgan fingerprint density at radius 1 is 0.822 bits per heavy atom. The molecule has 0 unspecified atom stereocenters. The van der Waals surface area contributed by atoms with Crippen molar-refractivity contribution in [3.8, 4) is 0 Å². The van der Waals surface area contributed by atoms with E-state index in [9.17, 15) is 36.9 Å². The van der Waals surface area contributed by atoms with Gasteiger partial charge in [0.05, 0.1) is 40.1 Å². The van der Waals surface area contributed by atoms with Gasteiger partial charge in [-0.15, -0.1) is 0 Å². The van der Waals surface area contributed by atoms with Crippen LogP contribution in [0.2, 0.25) is 5.02 Å². The average Bonchev–Trinajstić information content (AvgIpc) is 3.03. The van der Waals surface area contributed by atoms with Gasteiger partial charge < -0.3 is 24.8 Å². The second-order valence-electron chi connectivity index (χ2n) is 10.0. The first-order valence-corrected chi connectivity index (χ1v) is 14.3. The van der Waals surface area contributed by atoms with Crippen molar-refractivity contribution < 1.29 is 36.4 Å². The minimum absolute atomic E-state index is 0.0467. The maximum absolute atomic E-state index is 14.3. The maximum atomic E-state index is 14.3. The maximum Gasteiger partial charge on any atom is 0.270 e. The molecule has 0 spiro atoms. The van der Waals surface area contributed by atoms with E-state index in [1.54, 1.807) is 17.0 Å². The molecular weight excluding hydrogens is 647 g/mol. The number of hydrogen-bond donors (Lipinski definition) is 2. The first kappa shape index (κ1) is 32.1. The molecule has 5 rings (SSSR count). The number of nitro benzene ring substituents is 1. The number of nitrogens with zero attached hydrogens (tertiary/aromatic N) is 4. The summed E-state index contributed by atoms with van der Waals surface area (Å²) in [7, 11) is 0. The Morgan fingerprint density at radius 3 is 1.98 bits per heavy atom. The average molecular weight is 671 g/mol. The van der Waals surface area contributed by atoms with Gasteiger partial charge in [-0.2, -0.15) is 0 Å². The summed E-state index contributed by atoms with van der Waals surface area (Å²) in [4.78, 5) is 28.7. The molecule has 0 aliphatic carbocycles. The number of nitrogens with one attached hydrogen (secondary N) is 2. The Labute approximate surface area is 263 Å². The van der Waals surface area contributed by atoms with E-state index < -0.39 is 45.6 Å². The summed E-state index contributed by atoms with van der Waals surface area (Å²) in [6, 6.07) is 8.79. The van der Waals surface area contributed by atoms with E-state index in [0.29, 0.717) is 43.4 Å². The molecule has 45 heavy (non-hydrogen) atoms. The third-order valence-electron chi connectivity index (χ3n) is 7.34. The molecule has 2 N–H and O–H groups in total. The summed E-state index contributed by atoms with van der Waals surface area (Å²) in [5.41, 5.74) is 0.272. The van der Waals surface area contributed by atoms with Crippen LogP contribution in [0.15, 0.2) is 36.4 Å². The molecule has 2 aliphatic rings. The van der Waals surface area contributed by atoms with Crippen LogP contribution in [0.4, 0.5) is 50.4 Å². The van der Waals surface area contributed by atoms with Crippen molar-refractivity contribution >= 4 is 63.3 Å². The molecule has 238 valence electrons. The van der Waals surface area contributed by atoms with Crippen molar-refractivity contribution in [2.24, 2.45) is 0 Å². The first-order chi connectivity index (χ1) is 21.5. The third kappa shape index (κ3) is 6.72. The van der Waals surface area contributed by atoms with Crippen molar-refractivity contribution in [3.05, 3.63) is 86.2 Å². The summed E-state index contributed by atoms with van der Waals surface area (Å²) in [6.07, 6.45) is 0. The fourth-order valence-corrected chi connectivity index (χ4v) is 5.63. The second kappa shape index (κ2) is 13.4. The Balaban J connectivity index is 1.24. The lowest BCUT2D eigenvalue weighted by molar-refractivity contribution is -0.384. The first-order valence-electron chi connectivity index (χ1n) is 13.5. The van der Waals surface area contributed by atoms with Gasteiger partial charge in [0.1, 0.15) is 5.69 Å². The van der Waals surface area contributed by atoms with E-state index in [2.05, 4.69) is 10.6 Å². The molecule has 2 fully saturated rings. The number of carbonyl (C=O) groups is 1. The number of ether oxygens (including phenoxy) is 1. The van der Waals surface area contributed by atoms with Crippen LogP contribution in [0.5, 0.6) is 0 Å². The summed E-state index contributed by atoms with van der Waals surface area (Å²) in [5.74, 6) is -10.7. The van der Waals surface area contributed by atoms with Gasteiger partial charge in [0.25, 0.3) is 11.6 Å². The lowest BCUT2D eigenvalue weighted by Gasteiger charge is -2.38. The zero-order valence-corrected chi connectivity index (χ0v) is 24.8. The molecule has 0 atom stereocenters. The van der Waals surface area contributed by atoms with Crippen LogP contribution >= 0.6 is 23.8 Å². The van der Waals surface area contributed by atoms with Crippen LogP contribution < -0.4 is 25.3 Å². The SMILES string of the molecule is O=C(NC(=S)Nc1ccc(N2CCN(c3c(F)c(F)c(F)c(F)c3F)CC2)c(Cl)c1)c1cc([N+](=O)[O-])ccc1N1CCOCC1. The van der Waals surface area contributed by atoms with Gasteiger partial charge in [0, 0.05) is 57.1 Å². The second-order valence-corrected chi connectivity index (χ2v) is 10.8. The van der Waals surface area contributed by atoms with E-state index in [1.165, 1.54) is 24.3 Å². The van der Waals surface area contributed by atoms with Gasteiger partial charge in [-0.25, -0.2) is 22.0 Å². The van der Waals surface area contributed by atoms with Crippen molar-refractivity contribution in [2.45, 2.75) is 0 Å². The standard InChI is InChI=1S/C28H24ClF5N6O4S/c29-18-13-15(1-3-20(18)37-5-7-39(8-6-37)26-24(33)22(31)21(30)23(32)25(26)34)35-28(45)36-27(41)17-14-16(40(42)43)2-4-19(17)38-9-11-44-12-10-38/h1-4,13-14H,5-12H2,(H2,35,36,41,45). The molecule has 0 aromatic heterocycles. The van der Waals surface area contributed by atoms with Gasteiger partial charge in [-0.3, -0.25) is 20.2 Å². The quantitative estimate of drug-likeness (QED) is 0.0911. The van der Waals surface area contributed by atoms with Crippen LogP contribution in [0.25, 0.3) is 0 Å². The lowest BCUT2D eigenvalue weighted by atomic mass is 10.1. The van der Waals surface area contributed by atoms with E-state index in [0.717, 1.165) is 4.90 Å². The predicted octanol–water partition coefficient (Wildman–Crippen LogP) is 5.23. The number of piperazine rings is 1. The number of carbonyl (C=O) groups excluding carboxylic acids is 1. The highest BCUT2D eigenvalue weighted by molar-refractivity contribution is 7.80. The summed E-state index contributed by atoms with van der Waals surface area (Å²) in [5, 5.41) is 16.9. The highest BCUT2D eigenvalue weighted by Gasteiger charge is 2.31. The molecule has 0 saturated carbocycles. The Bertz CT molecular complexity index is 1640. The number of nitro groups is 1. The zero-order valence-electron chi connectivity index (χ0n) is 23.2. The van der Waals surface area contributed by atoms with Gasteiger partial charge in [0.2, 0.25) is 5.82 Å². The number of thiocarbonyl (C=S) groups is 1. The van der Waals surface area contributed by atoms with Gasteiger partial charge in [-0.1, -0.05) is 11.6 Å². The fourth-order valence-electron chi connectivity index (χ4n) is 5.12. The molecule has 3 aromatic rings. The van der Waals surface area contributed by atoms with E-state index in [-0.39, 0.29) is 47.6 Å². The topological polar surface area (TPSA) is 103 Å². The number of benzene rings is 3. The molecular formula is C28H24ClF5N6O4S. The Hall–Kier alpha value is -4.28. The van der Waals surface area contributed by atoms with Crippen molar-refractivity contribution in [1.29, 1.82) is 0 Å². The summed E-state index contributed by atoms with van der Waals surface area (Å²) >= 11 is 11.8. The van der Waals surface area contributed by atoms with Gasteiger partial charge in [-0.05, 0) is 36.5 Å². The molecule has 0 bridgehead atoms. The molecule has 2 saturated heterocycles. The lowest BCUT2D eigenvalue weighted by Crippen LogP contribution is -2.47.